The molecule has 1 rings (SSSR count). The summed E-state index contributed by atoms with van der Waals surface area (Å²) in [6.45, 7) is 19.3. The molecule has 0 saturated heterocycles. The zero-order valence-corrected chi connectivity index (χ0v) is 54.9. The highest BCUT2D eigenvalue weighted by atomic mass is 16.5. The number of carbonyl (C=O) groups excluding carboxylic acids is 3. The van der Waals surface area contributed by atoms with Crippen molar-refractivity contribution < 1.29 is 48.7 Å². The zero-order chi connectivity index (χ0) is 60.9. The summed E-state index contributed by atoms with van der Waals surface area (Å²) in [4.78, 5) is 37.1. The fourth-order valence-electron chi connectivity index (χ4n) is 11.3. The third-order valence-electron chi connectivity index (χ3n) is 16.8. The van der Waals surface area contributed by atoms with Crippen molar-refractivity contribution in [2.45, 2.75) is 329 Å². The number of aromatic hydroxyl groups is 2. The summed E-state index contributed by atoms with van der Waals surface area (Å²) in [5.41, 5.74) is -0.198. The van der Waals surface area contributed by atoms with Crippen molar-refractivity contribution in [2.75, 3.05) is 59.3 Å². The van der Waals surface area contributed by atoms with Crippen molar-refractivity contribution in [3.63, 3.8) is 0 Å². The molecule has 2 atom stereocenters. The average Bonchev–Trinajstić information content (AvgIpc) is 4.02. The van der Waals surface area contributed by atoms with Gasteiger partial charge in [-0.2, -0.15) is 0 Å². The Morgan fingerprint density at radius 2 is 0.928 bits per heavy atom. The van der Waals surface area contributed by atoms with Gasteiger partial charge in [0.25, 0.3) is 0 Å². The number of hydrogen-bond acceptors (Lipinski definition) is 10. The fourth-order valence-corrected chi connectivity index (χ4v) is 11.3. The van der Waals surface area contributed by atoms with Gasteiger partial charge in [-0.1, -0.05) is 206 Å². The van der Waals surface area contributed by atoms with Gasteiger partial charge in [0.1, 0.15) is 0 Å². The molecule has 83 heavy (non-hydrogen) atoms. The van der Waals surface area contributed by atoms with Crippen LogP contribution in [0.15, 0.2) is 6.07 Å². The Balaban J connectivity index is 2.21. The maximum atomic E-state index is 12.5. The molecule has 14 heteroatoms. The molecule has 0 aromatic carbocycles. The van der Waals surface area contributed by atoms with Crippen LogP contribution in [0.2, 0.25) is 0 Å². The first-order valence-corrected chi connectivity index (χ1v) is 34.6. The van der Waals surface area contributed by atoms with Gasteiger partial charge in [0.2, 0.25) is 11.8 Å². The first-order chi connectivity index (χ1) is 40.1. The lowest BCUT2D eigenvalue weighted by atomic mass is 9.78. The summed E-state index contributed by atoms with van der Waals surface area (Å²) in [6.07, 6.45) is 47.4. The Kier molecular flexibility index (Phi) is 50.0. The maximum absolute atomic E-state index is 12.5. The van der Waals surface area contributed by atoms with Crippen molar-refractivity contribution in [2.24, 2.45) is 11.8 Å². The highest BCUT2D eigenvalue weighted by Gasteiger charge is 2.24. The van der Waals surface area contributed by atoms with E-state index in [1.807, 2.05) is 27.7 Å². The SMILES string of the molecule is CCCCCCCCCCCCC(CCCCCOCCCOC(=O)NCCCCCC(=O)NCCC(C)(C)OCCC(C)(C)OCCNC(=O)CCCCCn1c(O)cc(C)c1O)C(CCCCCCCO)CCCCCCCCCC. The molecule has 0 radical (unpaired) electrons. The minimum Gasteiger partial charge on any atom is -0.494 e. The van der Waals surface area contributed by atoms with E-state index in [1.54, 1.807) is 13.0 Å². The van der Waals surface area contributed by atoms with Gasteiger partial charge in [-0.3, -0.25) is 14.2 Å². The summed E-state index contributed by atoms with van der Waals surface area (Å²) in [5, 5.41) is 38.0. The van der Waals surface area contributed by atoms with Crippen LogP contribution in [0, 0.1) is 18.8 Å². The predicted octanol–water partition coefficient (Wildman–Crippen LogP) is 17.0. The normalized spacial score (nSPS) is 12.7. The molecule has 1 aromatic heterocycles. The number of aromatic nitrogens is 1. The molecular weight excluding hydrogens is 1040 g/mol. The van der Waals surface area contributed by atoms with Crippen molar-refractivity contribution in [3.8, 4) is 11.8 Å². The van der Waals surface area contributed by atoms with Crippen molar-refractivity contribution in [1.82, 2.24) is 20.5 Å². The smallest absolute Gasteiger partial charge is 0.407 e. The number of unbranched alkanes of at least 4 members (excludes halogenated alkanes) is 26. The number of carbonyl (C=O) groups is 3. The van der Waals surface area contributed by atoms with Gasteiger partial charge in [0.15, 0.2) is 11.8 Å². The highest BCUT2D eigenvalue weighted by Crippen LogP contribution is 2.34. The van der Waals surface area contributed by atoms with E-state index < -0.39 is 17.3 Å². The van der Waals surface area contributed by atoms with E-state index in [1.165, 1.54) is 178 Å². The van der Waals surface area contributed by atoms with E-state index in [0.717, 1.165) is 76.2 Å². The van der Waals surface area contributed by atoms with Crippen LogP contribution in [-0.4, -0.2) is 108 Å². The minimum absolute atomic E-state index is 0.0187. The van der Waals surface area contributed by atoms with E-state index in [2.05, 4.69) is 29.8 Å². The monoisotopic (exact) mass is 1180 g/mol. The second-order valence-corrected chi connectivity index (χ2v) is 25.6. The summed E-state index contributed by atoms with van der Waals surface area (Å²) >= 11 is 0. The van der Waals surface area contributed by atoms with Gasteiger partial charge in [0.05, 0.1) is 31.0 Å². The van der Waals surface area contributed by atoms with Gasteiger partial charge >= 0.3 is 6.09 Å². The van der Waals surface area contributed by atoms with Crippen LogP contribution in [0.25, 0.3) is 0 Å². The quantitative estimate of drug-likeness (QED) is 0.0342. The number of alkyl carbamates (subject to hydrolysis) is 1. The molecule has 0 bridgehead atoms. The molecule has 0 aliphatic rings. The lowest BCUT2D eigenvalue weighted by molar-refractivity contribution is -0.123. The third-order valence-corrected chi connectivity index (χ3v) is 16.8. The molecule has 0 aliphatic carbocycles. The molecule has 6 N–H and O–H groups in total. The van der Waals surface area contributed by atoms with Gasteiger partial charge in [0, 0.05) is 76.9 Å². The Morgan fingerprint density at radius 1 is 0.482 bits per heavy atom. The Morgan fingerprint density at radius 3 is 1.45 bits per heavy atom. The Labute approximate surface area is 509 Å². The van der Waals surface area contributed by atoms with Crippen LogP contribution in [-0.2, 0) is 35.1 Å². The van der Waals surface area contributed by atoms with Crippen LogP contribution in [0.3, 0.4) is 0 Å². The van der Waals surface area contributed by atoms with E-state index in [9.17, 15) is 29.7 Å². The Bertz CT molecular complexity index is 1670. The lowest BCUT2D eigenvalue weighted by Gasteiger charge is -2.30. The van der Waals surface area contributed by atoms with Gasteiger partial charge < -0.3 is 50.2 Å². The number of aliphatic hydroxyl groups is 1. The summed E-state index contributed by atoms with van der Waals surface area (Å²) in [7, 11) is 0. The summed E-state index contributed by atoms with van der Waals surface area (Å²) in [6, 6.07) is 1.54. The minimum atomic E-state index is -0.426. The standard InChI is InChI=1S/C69H132N4O10/c1-8-10-12-14-16-18-19-21-24-31-42-62(61(43-32-25-22-26-38-53-74)41-30-23-20-17-15-13-11-9-2)44-33-29-39-54-80-55-40-56-81-67(79)72-49-36-27-34-45-63(75)70-50-47-68(4,5)82-57-48-69(6,7)83-58-51-71-64(76)46-35-28-37-52-73-65(77)59-60(3)66(73)78/h59,61-62,74,77-78H,8-58H2,1-7H3,(H,70,75)(H,71,76)(H,72,79). The number of aliphatic hydroxyl groups excluding tert-OH is 1. The number of aryl methyl sites for hydroxylation is 1. The number of rotatable bonds is 61. The van der Waals surface area contributed by atoms with E-state index in [4.69, 9.17) is 18.9 Å². The van der Waals surface area contributed by atoms with E-state index in [-0.39, 0.29) is 23.6 Å². The molecule has 3 amide bonds. The van der Waals surface area contributed by atoms with Crippen LogP contribution in [0.4, 0.5) is 4.79 Å². The lowest BCUT2D eigenvalue weighted by Crippen LogP contribution is -2.36. The first kappa shape index (κ1) is 77.9. The molecule has 1 aromatic rings. The second kappa shape index (κ2) is 53.2. The zero-order valence-electron chi connectivity index (χ0n) is 54.9. The van der Waals surface area contributed by atoms with E-state index in [0.29, 0.717) is 96.9 Å². The molecule has 0 spiro atoms. The van der Waals surface area contributed by atoms with Crippen LogP contribution in [0.1, 0.15) is 310 Å². The average molecular weight is 1180 g/mol. The Hall–Kier alpha value is -3.07. The van der Waals surface area contributed by atoms with Crippen molar-refractivity contribution >= 4 is 17.9 Å². The number of nitrogens with zero attached hydrogens (tertiary/aromatic N) is 1. The summed E-state index contributed by atoms with van der Waals surface area (Å²) < 4.78 is 25.1. The van der Waals surface area contributed by atoms with Crippen LogP contribution < -0.4 is 16.0 Å². The van der Waals surface area contributed by atoms with E-state index >= 15 is 0 Å². The number of nitrogens with one attached hydrogen (secondary N) is 3. The topological polar surface area (TPSA) is 190 Å². The first-order valence-electron chi connectivity index (χ1n) is 34.6. The molecular formula is C69H132N4O10. The molecule has 0 saturated carbocycles. The molecule has 14 nitrogen and oxygen atoms in total. The van der Waals surface area contributed by atoms with Gasteiger partial charge in [-0.15, -0.1) is 0 Å². The predicted molar refractivity (Wildman–Crippen MR) is 343 cm³/mol. The van der Waals surface area contributed by atoms with Gasteiger partial charge in [-0.05, 0) is 97.8 Å². The van der Waals surface area contributed by atoms with Gasteiger partial charge in [-0.25, -0.2) is 4.79 Å². The van der Waals surface area contributed by atoms with Crippen LogP contribution in [0.5, 0.6) is 11.8 Å². The molecule has 1 heterocycles. The van der Waals surface area contributed by atoms with Crippen molar-refractivity contribution in [1.29, 1.82) is 0 Å². The second-order valence-electron chi connectivity index (χ2n) is 25.6. The number of amides is 3. The molecule has 0 aliphatic heterocycles. The molecule has 2 unspecified atom stereocenters. The maximum Gasteiger partial charge on any atom is 0.407 e. The number of ether oxygens (including phenoxy) is 4. The largest absolute Gasteiger partial charge is 0.494 e. The summed E-state index contributed by atoms with van der Waals surface area (Å²) in [5.74, 6) is 1.84. The highest BCUT2D eigenvalue weighted by molar-refractivity contribution is 5.76. The fraction of sp³-hybridized carbons (Fsp3) is 0.899. The van der Waals surface area contributed by atoms with Crippen molar-refractivity contribution in [3.05, 3.63) is 11.6 Å². The molecule has 0 fully saturated rings. The molecule has 488 valence electrons. The van der Waals surface area contributed by atoms with Crippen LogP contribution >= 0.6 is 0 Å². The number of hydrogen-bond donors (Lipinski definition) is 6. The third kappa shape index (κ3) is 46.8.